The Labute approximate surface area is 95.2 Å². The lowest BCUT2D eigenvalue weighted by atomic mass is 10.3. The third-order valence-electron chi connectivity index (χ3n) is 1.91. The number of hydrogen-bond donors (Lipinski definition) is 1. The van der Waals surface area contributed by atoms with Crippen molar-refractivity contribution >= 4 is 23.1 Å². The van der Waals surface area contributed by atoms with E-state index in [9.17, 15) is 9.18 Å². The second-order valence-corrected chi connectivity index (χ2v) is 3.92. The summed E-state index contributed by atoms with van der Waals surface area (Å²) in [5.74, 6) is -0.755. The quantitative estimate of drug-likeness (QED) is 0.815. The van der Waals surface area contributed by atoms with Gasteiger partial charge in [-0.1, -0.05) is 6.07 Å². The highest BCUT2D eigenvalue weighted by Crippen LogP contribution is 2.14. The number of rotatable bonds is 2. The molecular weight excluding hydrogens is 229 g/mol. The first kappa shape index (κ1) is 10.7. The van der Waals surface area contributed by atoms with Crippen molar-refractivity contribution in [2.45, 2.75) is 6.92 Å². The van der Waals surface area contributed by atoms with Crippen molar-refractivity contribution in [1.29, 1.82) is 0 Å². The predicted molar refractivity (Wildman–Crippen MR) is 59.0 cm³/mol. The van der Waals surface area contributed by atoms with Crippen molar-refractivity contribution in [3.8, 4) is 0 Å². The zero-order chi connectivity index (χ0) is 11.5. The first-order chi connectivity index (χ1) is 7.66. The van der Waals surface area contributed by atoms with Crippen molar-refractivity contribution in [3.63, 3.8) is 0 Å². The molecule has 0 aliphatic rings. The number of carbonyl (C=O) groups excluding carboxylic acids is 1. The van der Waals surface area contributed by atoms with Crippen LogP contribution in [0, 0.1) is 12.9 Å². The van der Waals surface area contributed by atoms with Crippen LogP contribution in [0.1, 0.15) is 15.4 Å². The minimum atomic E-state index is -0.626. The summed E-state index contributed by atoms with van der Waals surface area (Å²) in [5, 5.41) is 2.51. The van der Waals surface area contributed by atoms with Crippen LogP contribution in [0.5, 0.6) is 0 Å². The maximum absolute atomic E-state index is 12.8. The maximum Gasteiger partial charge on any atom is 0.268 e. The number of nitrogens with one attached hydrogen (secondary N) is 1. The second-order valence-electron chi connectivity index (χ2n) is 3.07. The SMILES string of the molecule is Cc1ncsc1C(=O)Nc1cccc(F)n1. The average Bonchev–Trinajstić information content (AvgIpc) is 2.64. The van der Waals surface area contributed by atoms with Gasteiger partial charge in [0, 0.05) is 0 Å². The number of nitrogens with zero attached hydrogens (tertiary/aromatic N) is 2. The Bertz CT molecular complexity index is 526. The van der Waals surface area contributed by atoms with Crippen LogP contribution in [-0.2, 0) is 0 Å². The summed E-state index contributed by atoms with van der Waals surface area (Å²) < 4.78 is 12.8. The van der Waals surface area contributed by atoms with E-state index in [4.69, 9.17) is 0 Å². The Balaban J connectivity index is 2.17. The van der Waals surface area contributed by atoms with Crippen LogP contribution in [0.25, 0.3) is 0 Å². The molecule has 2 heterocycles. The molecule has 82 valence electrons. The Kier molecular flexibility index (Phi) is 2.91. The van der Waals surface area contributed by atoms with Gasteiger partial charge in [0.25, 0.3) is 5.91 Å². The Hall–Kier alpha value is -1.82. The van der Waals surface area contributed by atoms with Gasteiger partial charge in [0.05, 0.1) is 11.2 Å². The van der Waals surface area contributed by atoms with Crippen LogP contribution in [-0.4, -0.2) is 15.9 Å². The van der Waals surface area contributed by atoms with E-state index in [2.05, 4.69) is 15.3 Å². The summed E-state index contributed by atoms with van der Waals surface area (Å²) in [6, 6.07) is 4.22. The molecule has 0 bridgehead atoms. The molecule has 0 aromatic carbocycles. The molecule has 0 fully saturated rings. The molecule has 1 N–H and O–H groups in total. The summed E-state index contributed by atoms with van der Waals surface area (Å²) in [4.78, 5) is 19.7. The molecule has 2 rings (SSSR count). The molecule has 0 saturated heterocycles. The monoisotopic (exact) mass is 237 g/mol. The highest BCUT2D eigenvalue weighted by atomic mass is 32.1. The number of anilines is 1. The van der Waals surface area contributed by atoms with Gasteiger partial charge in [-0.15, -0.1) is 11.3 Å². The molecule has 0 saturated carbocycles. The number of halogens is 1. The van der Waals surface area contributed by atoms with E-state index in [1.165, 1.54) is 29.5 Å². The zero-order valence-corrected chi connectivity index (χ0v) is 9.21. The number of aromatic nitrogens is 2. The summed E-state index contributed by atoms with van der Waals surface area (Å²) in [6.45, 7) is 1.74. The van der Waals surface area contributed by atoms with Crippen LogP contribution in [0.3, 0.4) is 0 Å². The fourth-order valence-corrected chi connectivity index (χ4v) is 1.87. The van der Waals surface area contributed by atoms with E-state index in [-0.39, 0.29) is 11.7 Å². The summed E-state index contributed by atoms with van der Waals surface area (Å²) >= 11 is 1.24. The number of pyridine rings is 1. The van der Waals surface area contributed by atoms with E-state index in [1.54, 1.807) is 12.4 Å². The first-order valence-corrected chi connectivity index (χ1v) is 5.39. The van der Waals surface area contributed by atoms with Gasteiger partial charge in [-0.25, -0.2) is 9.97 Å². The predicted octanol–water partition coefficient (Wildman–Crippen LogP) is 2.24. The minimum absolute atomic E-state index is 0.192. The van der Waals surface area contributed by atoms with E-state index in [0.717, 1.165) is 0 Å². The molecule has 2 aromatic rings. The van der Waals surface area contributed by atoms with Gasteiger partial charge in [0.15, 0.2) is 0 Å². The minimum Gasteiger partial charge on any atom is -0.306 e. The molecule has 4 nitrogen and oxygen atoms in total. The number of aryl methyl sites for hydroxylation is 1. The lowest BCUT2D eigenvalue weighted by Crippen LogP contribution is -2.12. The van der Waals surface area contributed by atoms with Gasteiger partial charge in [-0.05, 0) is 19.1 Å². The molecule has 6 heteroatoms. The normalized spacial score (nSPS) is 10.1. The number of thiazole rings is 1. The standard InChI is InChI=1S/C10H8FN3OS/c1-6-9(16-5-12-6)10(15)14-8-4-2-3-7(11)13-8/h2-5H,1H3,(H,13,14,15). The van der Waals surface area contributed by atoms with Crippen molar-refractivity contribution < 1.29 is 9.18 Å². The lowest BCUT2D eigenvalue weighted by Gasteiger charge is -2.02. The topological polar surface area (TPSA) is 54.9 Å². The van der Waals surface area contributed by atoms with Gasteiger partial charge in [-0.3, -0.25) is 4.79 Å². The largest absolute Gasteiger partial charge is 0.306 e. The summed E-state index contributed by atoms with van der Waals surface area (Å²) in [6.07, 6.45) is 0. The molecule has 0 aliphatic heterocycles. The Morgan fingerprint density at radius 2 is 2.31 bits per heavy atom. The summed E-state index contributed by atoms with van der Waals surface area (Å²) in [5.41, 5.74) is 2.24. The third-order valence-corrected chi connectivity index (χ3v) is 2.84. The molecule has 0 aliphatic carbocycles. The molecule has 0 spiro atoms. The van der Waals surface area contributed by atoms with Crippen LogP contribution < -0.4 is 5.32 Å². The lowest BCUT2D eigenvalue weighted by molar-refractivity contribution is 0.102. The maximum atomic E-state index is 12.8. The molecular formula is C10H8FN3OS. The smallest absolute Gasteiger partial charge is 0.268 e. The average molecular weight is 237 g/mol. The number of hydrogen-bond acceptors (Lipinski definition) is 4. The number of carbonyl (C=O) groups is 1. The van der Waals surface area contributed by atoms with E-state index < -0.39 is 5.95 Å². The van der Waals surface area contributed by atoms with Crippen molar-refractivity contribution in [2.24, 2.45) is 0 Å². The van der Waals surface area contributed by atoms with Gasteiger partial charge >= 0.3 is 0 Å². The van der Waals surface area contributed by atoms with Crippen LogP contribution in [0.4, 0.5) is 10.2 Å². The molecule has 0 atom stereocenters. The van der Waals surface area contributed by atoms with Crippen LogP contribution in [0.15, 0.2) is 23.7 Å². The highest BCUT2D eigenvalue weighted by Gasteiger charge is 2.12. The van der Waals surface area contributed by atoms with Crippen LogP contribution >= 0.6 is 11.3 Å². The molecule has 0 unspecified atom stereocenters. The Morgan fingerprint density at radius 1 is 1.50 bits per heavy atom. The van der Waals surface area contributed by atoms with Crippen LogP contribution in [0.2, 0.25) is 0 Å². The highest BCUT2D eigenvalue weighted by molar-refractivity contribution is 7.12. The van der Waals surface area contributed by atoms with E-state index >= 15 is 0 Å². The van der Waals surface area contributed by atoms with Crippen molar-refractivity contribution in [2.75, 3.05) is 5.32 Å². The number of amides is 1. The molecule has 0 radical (unpaired) electrons. The molecule has 2 aromatic heterocycles. The fourth-order valence-electron chi connectivity index (χ4n) is 1.17. The summed E-state index contributed by atoms with van der Waals surface area (Å²) in [7, 11) is 0. The van der Waals surface area contributed by atoms with E-state index in [0.29, 0.717) is 10.6 Å². The van der Waals surface area contributed by atoms with Gasteiger partial charge < -0.3 is 5.32 Å². The second kappa shape index (κ2) is 4.36. The zero-order valence-electron chi connectivity index (χ0n) is 8.40. The van der Waals surface area contributed by atoms with Gasteiger partial charge in [0.2, 0.25) is 5.95 Å². The first-order valence-electron chi connectivity index (χ1n) is 4.51. The van der Waals surface area contributed by atoms with Crippen molar-refractivity contribution in [1.82, 2.24) is 9.97 Å². The third kappa shape index (κ3) is 2.22. The molecule has 1 amide bonds. The van der Waals surface area contributed by atoms with Gasteiger partial charge in [-0.2, -0.15) is 4.39 Å². The van der Waals surface area contributed by atoms with E-state index in [1.807, 2.05) is 0 Å². The molecule has 16 heavy (non-hydrogen) atoms. The van der Waals surface area contributed by atoms with Crippen molar-refractivity contribution in [3.05, 3.63) is 40.2 Å². The Morgan fingerprint density at radius 3 is 2.94 bits per heavy atom. The van der Waals surface area contributed by atoms with Gasteiger partial charge in [0.1, 0.15) is 10.7 Å². The fraction of sp³-hybridized carbons (Fsp3) is 0.100.